The number of hydrogen-bond donors (Lipinski definition) is 2. The molecule has 7 rings (SSSR count). The van der Waals surface area contributed by atoms with Crippen molar-refractivity contribution in [3.63, 3.8) is 0 Å². The molecule has 1 unspecified atom stereocenters. The Morgan fingerprint density at radius 1 is 1.33 bits per heavy atom. The molecule has 0 radical (unpaired) electrons. The molecular weight excluding hydrogens is 605 g/mol. The number of nitriles is 1. The number of fused-ring (bicyclic) bond motifs is 2. The van der Waals surface area contributed by atoms with Crippen molar-refractivity contribution < 1.29 is 27.8 Å². The molecular formula is C29H26ClF3N6O3S. The number of ether oxygens (including phenoxy) is 2. The van der Waals surface area contributed by atoms with Crippen LogP contribution in [0.5, 0.6) is 11.8 Å². The Morgan fingerprint density at radius 3 is 2.91 bits per heavy atom. The summed E-state index contributed by atoms with van der Waals surface area (Å²) in [6.45, 7) is 0.927. The first kappa shape index (κ1) is 28.2. The largest absolute Gasteiger partial charge is 0.489 e. The molecule has 2 fully saturated rings. The fourth-order valence-corrected chi connectivity index (χ4v) is 8.01. The second kappa shape index (κ2) is 10.3. The standard InChI is InChI=1S/C29H26ClF3N6O3S/c1-38-14(10-40)11-41-24-20-23(36-28(37-27(20)38)42-12-29-5-2-6-39(29)9-13(31)7-29)22(33)19(21(24)30)15-3-4-17(32)25-18(15)16(8-34)26(35)43-25/h3-4,13-14,40H,2,5-7,9-12,35H2,1H3/t13-,14?,29+/m1/s1. The molecule has 3 atom stereocenters. The van der Waals surface area contributed by atoms with E-state index in [1.807, 2.05) is 6.07 Å². The summed E-state index contributed by atoms with van der Waals surface area (Å²) in [6.07, 6.45) is 1.05. The molecule has 14 heteroatoms. The number of aliphatic hydroxyl groups is 1. The third-order valence-corrected chi connectivity index (χ3v) is 10.3. The molecule has 9 nitrogen and oxygen atoms in total. The molecule has 2 aromatic heterocycles. The molecule has 3 aliphatic heterocycles. The highest BCUT2D eigenvalue weighted by atomic mass is 35.5. The zero-order valence-corrected chi connectivity index (χ0v) is 24.5. The van der Waals surface area contributed by atoms with E-state index in [0.717, 1.165) is 36.8 Å². The van der Waals surface area contributed by atoms with Gasteiger partial charge in [-0.3, -0.25) is 4.90 Å². The summed E-state index contributed by atoms with van der Waals surface area (Å²) in [6, 6.07) is 3.81. The number of aliphatic hydroxyl groups excluding tert-OH is 1. The SMILES string of the molecule is CN1c2nc(OC[C@@]34CCCN3C[C@H](F)C4)nc3c(F)c(-c4ccc(F)c5sc(N)c(C#N)c45)c(Cl)c(c23)OCC1CO. The number of anilines is 2. The lowest BCUT2D eigenvalue weighted by Crippen LogP contribution is -2.43. The maximum absolute atomic E-state index is 16.8. The third kappa shape index (κ3) is 4.18. The number of alkyl halides is 1. The van der Waals surface area contributed by atoms with E-state index in [-0.39, 0.29) is 85.1 Å². The Labute approximate surface area is 253 Å². The van der Waals surface area contributed by atoms with E-state index >= 15 is 4.39 Å². The van der Waals surface area contributed by atoms with Gasteiger partial charge in [0.05, 0.1) is 38.9 Å². The minimum absolute atomic E-state index is 0.00688. The van der Waals surface area contributed by atoms with Gasteiger partial charge in [-0.2, -0.15) is 15.2 Å². The molecule has 0 amide bonds. The predicted octanol–water partition coefficient (Wildman–Crippen LogP) is 5.04. The zero-order valence-electron chi connectivity index (χ0n) is 23.0. The maximum atomic E-state index is 16.8. The van der Waals surface area contributed by atoms with Crippen LogP contribution in [0.4, 0.5) is 24.0 Å². The average Bonchev–Trinajstić information content (AvgIpc) is 3.60. The van der Waals surface area contributed by atoms with Crippen LogP contribution in [0.15, 0.2) is 12.1 Å². The van der Waals surface area contributed by atoms with Gasteiger partial charge in [-0.1, -0.05) is 17.7 Å². The van der Waals surface area contributed by atoms with Crippen LogP contribution in [0.25, 0.3) is 32.1 Å². The number of hydrogen-bond acceptors (Lipinski definition) is 10. The lowest BCUT2D eigenvalue weighted by atomic mass is 9.95. The Balaban J connectivity index is 1.45. The van der Waals surface area contributed by atoms with E-state index in [0.29, 0.717) is 13.0 Å². The van der Waals surface area contributed by atoms with E-state index in [4.69, 9.17) is 26.8 Å². The fraction of sp³-hybridized carbons (Fsp3) is 0.414. The van der Waals surface area contributed by atoms with E-state index in [1.165, 1.54) is 6.07 Å². The minimum atomic E-state index is -0.957. The summed E-state index contributed by atoms with van der Waals surface area (Å²) in [4.78, 5) is 12.8. The number of aromatic nitrogens is 2. The molecule has 0 saturated carbocycles. The molecule has 43 heavy (non-hydrogen) atoms. The van der Waals surface area contributed by atoms with Crippen molar-refractivity contribution in [2.75, 3.05) is 50.6 Å². The quantitative estimate of drug-likeness (QED) is 0.312. The van der Waals surface area contributed by atoms with E-state index < -0.39 is 29.4 Å². The summed E-state index contributed by atoms with van der Waals surface area (Å²) in [5, 5.41) is 20.2. The van der Waals surface area contributed by atoms with Crippen LogP contribution < -0.4 is 20.1 Å². The van der Waals surface area contributed by atoms with Gasteiger partial charge in [0.2, 0.25) is 0 Å². The lowest BCUT2D eigenvalue weighted by molar-refractivity contribution is 0.107. The number of nitrogens with zero attached hydrogens (tertiary/aromatic N) is 5. The van der Waals surface area contributed by atoms with E-state index in [9.17, 15) is 19.1 Å². The van der Waals surface area contributed by atoms with Crippen molar-refractivity contribution in [1.82, 2.24) is 14.9 Å². The van der Waals surface area contributed by atoms with Gasteiger partial charge >= 0.3 is 6.01 Å². The smallest absolute Gasteiger partial charge is 0.319 e. The van der Waals surface area contributed by atoms with Crippen molar-refractivity contribution in [3.8, 4) is 29.0 Å². The number of nitrogens with two attached hydrogens (primary N) is 1. The fourth-order valence-electron chi connectivity index (χ4n) is 6.72. The predicted molar refractivity (Wildman–Crippen MR) is 158 cm³/mol. The van der Waals surface area contributed by atoms with Gasteiger partial charge < -0.3 is 25.2 Å². The minimum Gasteiger partial charge on any atom is -0.489 e. The van der Waals surface area contributed by atoms with Crippen LogP contribution in [-0.2, 0) is 0 Å². The molecule has 0 aliphatic carbocycles. The van der Waals surface area contributed by atoms with Gasteiger partial charge in [0.25, 0.3) is 0 Å². The molecule has 224 valence electrons. The first-order chi connectivity index (χ1) is 20.7. The Bertz CT molecular complexity index is 1850. The highest BCUT2D eigenvalue weighted by Gasteiger charge is 2.49. The van der Waals surface area contributed by atoms with Gasteiger partial charge in [0, 0.05) is 31.0 Å². The van der Waals surface area contributed by atoms with Gasteiger partial charge in [-0.05, 0) is 31.0 Å². The normalized spacial score (nSPS) is 23.4. The monoisotopic (exact) mass is 630 g/mol. The van der Waals surface area contributed by atoms with Crippen LogP contribution in [0, 0.1) is 23.0 Å². The summed E-state index contributed by atoms with van der Waals surface area (Å²) in [5.41, 5.74) is 5.37. The Kier molecular flexibility index (Phi) is 6.73. The molecule has 5 heterocycles. The number of rotatable bonds is 5. The van der Waals surface area contributed by atoms with Gasteiger partial charge in [0.15, 0.2) is 11.6 Å². The van der Waals surface area contributed by atoms with Crippen LogP contribution in [-0.4, -0.2) is 77.7 Å². The van der Waals surface area contributed by atoms with Crippen molar-refractivity contribution in [3.05, 3.63) is 34.4 Å². The number of halogens is 4. The number of likely N-dealkylation sites (N-methyl/N-ethyl adjacent to an activating group) is 1. The number of thiophene rings is 1. The highest BCUT2D eigenvalue weighted by Crippen LogP contribution is 2.51. The zero-order chi connectivity index (χ0) is 30.2. The number of nitrogen functional groups attached to an aromatic ring is 1. The summed E-state index contributed by atoms with van der Waals surface area (Å²) in [5.74, 6) is -1.16. The average molecular weight is 631 g/mol. The lowest BCUT2D eigenvalue weighted by Gasteiger charge is -2.31. The maximum Gasteiger partial charge on any atom is 0.319 e. The van der Waals surface area contributed by atoms with Crippen molar-refractivity contribution in [2.45, 2.75) is 37.0 Å². The molecule has 0 bridgehead atoms. The molecule has 2 aromatic carbocycles. The van der Waals surface area contributed by atoms with Crippen LogP contribution in [0.2, 0.25) is 5.02 Å². The first-order valence-electron chi connectivity index (χ1n) is 13.8. The van der Waals surface area contributed by atoms with E-state index in [2.05, 4.69) is 14.9 Å². The van der Waals surface area contributed by atoms with Crippen LogP contribution in [0.1, 0.15) is 24.8 Å². The van der Waals surface area contributed by atoms with Crippen molar-refractivity contribution in [1.29, 1.82) is 5.26 Å². The Hall–Kier alpha value is -3.57. The number of benzene rings is 2. The molecule has 3 N–H and O–H groups in total. The Morgan fingerprint density at radius 2 is 2.14 bits per heavy atom. The molecule has 0 spiro atoms. The van der Waals surface area contributed by atoms with Crippen molar-refractivity contribution >= 4 is 54.7 Å². The molecule has 2 saturated heterocycles. The second-order valence-electron chi connectivity index (χ2n) is 11.3. The van der Waals surface area contributed by atoms with Crippen molar-refractivity contribution in [2.24, 2.45) is 0 Å². The highest BCUT2D eigenvalue weighted by molar-refractivity contribution is 7.23. The summed E-state index contributed by atoms with van der Waals surface area (Å²) >= 11 is 7.76. The van der Waals surface area contributed by atoms with Crippen LogP contribution in [0.3, 0.4) is 0 Å². The molecule has 3 aliphatic rings. The van der Waals surface area contributed by atoms with Gasteiger partial charge in [-0.25, -0.2) is 13.2 Å². The van der Waals surface area contributed by atoms with Gasteiger partial charge in [-0.15, -0.1) is 11.3 Å². The summed E-state index contributed by atoms with van der Waals surface area (Å²) in [7, 11) is 1.68. The van der Waals surface area contributed by atoms with E-state index in [1.54, 1.807) is 11.9 Å². The second-order valence-corrected chi connectivity index (χ2v) is 12.7. The first-order valence-corrected chi connectivity index (χ1v) is 15.0. The topological polar surface area (TPSA) is 121 Å². The summed E-state index contributed by atoms with van der Waals surface area (Å²) < 4.78 is 58.3. The molecule has 4 aromatic rings. The third-order valence-electron chi connectivity index (χ3n) is 8.89. The van der Waals surface area contributed by atoms with Crippen LogP contribution >= 0.6 is 22.9 Å². The van der Waals surface area contributed by atoms with Gasteiger partial charge in [0.1, 0.15) is 47.6 Å².